The van der Waals surface area contributed by atoms with Crippen molar-refractivity contribution >= 4 is 33.5 Å². The number of sulfone groups is 1. The van der Waals surface area contributed by atoms with Crippen molar-refractivity contribution in [1.82, 2.24) is 9.80 Å². The Morgan fingerprint density at radius 1 is 1.33 bits per heavy atom. The van der Waals surface area contributed by atoms with E-state index in [1.54, 1.807) is 15.2 Å². The molecule has 9 heteroatoms. The van der Waals surface area contributed by atoms with Crippen LogP contribution in [0.3, 0.4) is 0 Å². The van der Waals surface area contributed by atoms with Crippen LogP contribution in [-0.4, -0.2) is 70.7 Å². The van der Waals surface area contributed by atoms with Crippen LogP contribution in [0.15, 0.2) is 11.1 Å². The molecule has 0 aromatic carbocycles. The van der Waals surface area contributed by atoms with Crippen molar-refractivity contribution in [3.05, 3.63) is 11.1 Å². The van der Waals surface area contributed by atoms with E-state index in [4.69, 9.17) is 0 Å². The number of thioether (sulfide) groups is 1. The number of nitrogens with zero attached hydrogens (tertiary/aromatic N) is 2. The first-order chi connectivity index (χ1) is 11.2. The van der Waals surface area contributed by atoms with Gasteiger partial charge in [-0.3, -0.25) is 4.79 Å². The molecule has 1 saturated heterocycles. The molecule has 3 rings (SSSR count). The van der Waals surface area contributed by atoms with E-state index >= 15 is 0 Å². The predicted molar refractivity (Wildman–Crippen MR) is 91.0 cm³/mol. The number of carbonyl (C=O) groups is 2. The average Bonchev–Trinajstić information content (AvgIpc) is 3.01. The van der Waals surface area contributed by atoms with Crippen LogP contribution in [0.5, 0.6) is 0 Å². The monoisotopic (exact) mass is 374 g/mol. The molecule has 2 heterocycles. The summed E-state index contributed by atoms with van der Waals surface area (Å²) in [4.78, 5) is 27.8. The van der Waals surface area contributed by atoms with E-state index in [1.807, 2.05) is 6.92 Å². The Bertz CT molecular complexity index is 684. The lowest BCUT2D eigenvalue weighted by Gasteiger charge is -2.44. The van der Waals surface area contributed by atoms with Crippen molar-refractivity contribution in [3.8, 4) is 0 Å². The third kappa shape index (κ3) is 3.03. The van der Waals surface area contributed by atoms with E-state index < -0.39 is 26.4 Å². The van der Waals surface area contributed by atoms with E-state index in [0.29, 0.717) is 25.1 Å². The van der Waals surface area contributed by atoms with E-state index in [-0.39, 0.29) is 18.0 Å². The van der Waals surface area contributed by atoms with Crippen LogP contribution >= 0.6 is 11.8 Å². The van der Waals surface area contributed by atoms with Crippen LogP contribution in [-0.2, 0) is 19.4 Å². The summed E-state index contributed by atoms with van der Waals surface area (Å²) in [5.41, 5.74) is 0.401. The second-order valence-corrected chi connectivity index (χ2v) is 10.1. The van der Waals surface area contributed by atoms with Gasteiger partial charge in [0.05, 0.1) is 5.25 Å². The number of aliphatic carboxylic acids is 1. The Morgan fingerprint density at radius 2 is 2.00 bits per heavy atom. The van der Waals surface area contributed by atoms with Crippen LogP contribution in [0, 0.1) is 0 Å². The van der Waals surface area contributed by atoms with Gasteiger partial charge in [-0.05, 0) is 32.6 Å². The van der Waals surface area contributed by atoms with Gasteiger partial charge in [0, 0.05) is 30.3 Å². The zero-order valence-electron chi connectivity index (χ0n) is 13.7. The summed E-state index contributed by atoms with van der Waals surface area (Å²) < 4.78 is 23.3. The van der Waals surface area contributed by atoms with Crippen molar-refractivity contribution in [2.45, 2.75) is 55.3 Å². The van der Waals surface area contributed by atoms with Gasteiger partial charge in [-0.15, -0.1) is 0 Å². The van der Waals surface area contributed by atoms with Crippen molar-refractivity contribution < 1.29 is 23.1 Å². The molecular weight excluding hydrogens is 352 g/mol. The lowest BCUT2D eigenvalue weighted by molar-refractivity contribution is -0.140. The van der Waals surface area contributed by atoms with Crippen molar-refractivity contribution in [2.24, 2.45) is 0 Å². The van der Waals surface area contributed by atoms with Gasteiger partial charge in [0.1, 0.15) is 15.5 Å². The van der Waals surface area contributed by atoms with Gasteiger partial charge < -0.3 is 14.9 Å². The highest BCUT2D eigenvalue weighted by atomic mass is 32.2. The minimum atomic E-state index is -3.12. The molecule has 134 valence electrons. The molecule has 2 fully saturated rings. The fourth-order valence-corrected chi connectivity index (χ4v) is 5.76. The number of carboxylic acid groups (broad SMARTS) is 1. The minimum absolute atomic E-state index is 0.140. The summed E-state index contributed by atoms with van der Waals surface area (Å²) in [5, 5.41) is 9.79. The molecule has 0 radical (unpaired) electrons. The van der Waals surface area contributed by atoms with Gasteiger partial charge >= 0.3 is 5.97 Å². The Morgan fingerprint density at radius 3 is 2.50 bits per heavy atom. The fourth-order valence-electron chi connectivity index (χ4n) is 3.60. The van der Waals surface area contributed by atoms with Crippen molar-refractivity contribution in [3.63, 3.8) is 0 Å². The molecule has 1 aliphatic carbocycles. The zero-order chi connectivity index (χ0) is 17.6. The molecule has 2 atom stereocenters. The number of amides is 1. The normalized spacial score (nSPS) is 33.3. The Labute approximate surface area is 146 Å². The molecule has 0 aromatic rings. The lowest BCUT2D eigenvalue weighted by Crippen LogP contribution is -2.54. The summed E-state index contributed by atoms with van der Waals surface area (Å²) in [5.74, 6) is -1.14. The number of hydrogen-bond acceptors (Lipinski definition) is 6. The van der Waals surface area contributed by atoms with Crippen LogP contribution in [0.1, 0.15) is 32.6 Å². The Hall–Kier alpha value is -1.22. The lowest BCUT2D eigenvalue weighted by atomic mass is 9.90. The average molecular weight is 374 g/mol. The molecular formula is C15H22N2O5S2. The van der Waals surface area contributed by atoms with E-state index in [9.17, 15) is 23.1 Å². The molecule has 0 bridgehead atoms. The van der Waals surface area contributed by atoms with Crippen LogP contribution in [0.2, 0.25) is 0 Å². The molecule has 1 N–H and O–H groups in total. The Balaban J connectivity index is 1.78. The zero-order valence-corrected chi connectivity index (χ0v) is 15.3. The van der Waals surface area contributed by atoms with Crippen LogP contribution in [0.25, 0.3) is 0 Å². The van der Waals surface area contributed by atoms with E-state index in [0.717, 1.165) is 24.6 Å². The second-order valence-electron chi connectivity index (χ2n) is 6.80. The van der Waals surface area contributed by atoms with Crippen LogP contribution < -0.4 is 0 Å². The highest BCUT2D eigenvalue weighted by Crippen LogP contribution is 2.42. The third-order valence-corrected chi connectivity index (χ3v) is 7.79. The summed E-state index contributed by atoms with van der Waals surface area (Å²) in [7, 11) is -3.12. The SMILES string of the molecule is C[C@H]1CCCN1C(=O)C1=CSC(C(=O)O)N1[C@H]1C[C@H](S(C)(=O)=O)C1. The van der Waals surface area contributed by atoms with Gasteiger partial charge in [0.2, 0.25) is 0 Å². The number of rotatable bonds is 4. The van der Waals surface area contributed by atoms with Gasteiger partial charge in [-0.1, -0.05) is 11.8 Å². The summed E-state index contributed by atoms with van der Waals surface area (Å²) in [6.45, 7) is 2.68. The molecule has 7 nitrogen and oxygen atoms in total. The molecule has 1 unspecified atom stereocenters. The maximum Gasteiger partial charge on any atom is 0.337 e. The molecule has 0 spiro atoms. The summed E-state index contributed by atoms with van der Waals surface area (Å²) in [6, 6.07) is -0.0618. The van der Waals surface area contributed by atoms with Crippen molar-refractivity contribution in [2.75, 3.05) is 12.8 Å². The van der Waals surface area contributed by atoms with E-state index in [2.05, 4.69) is 0 Å². The quantitative estimate of drug-likeness (QED) is 0.780. The van der Waals surface area contributed by atoms with Crippen LogP contribution in [0.4, 0.5) is 0 Å². The van der Waals surface area contributed by atoms with Gasteiger partial charge in [0.25, 0.3) is 5.91 Å². The highest BCUT2D eigenvalue weighted by Gasteiger charge is 2.48. The van der Waals surface area contributed by atoms with Gasteiger partial charge in [0.15, 0.2) is 5.37 Å². The van der Waals surface area contributed by atoms with Crippen molar-refractivity contribution in [1.29, 1.82) is 0 Å². The molecule has 24 heavy (non-hydrogen) atoms. The maximum atomic E-state index is 12.9. The molecule has 2 aliphatic heterocycles. The first-order valence-corrected chi connectivity index (χ1v) is 11.0. The largest absolute Gasteiger partial charge is 0.479 e. The number of carboxylic acids is 1. The second kappa shape index (κ2) is 6.25. The number of hydrogen-bond donors (Lipinski definition) is 1. The summed E-state index contributed by atoms with van der Waals surface area (Å²) in [6.07, 6.45) is 3.87. The molecule has 1 saturated carbocycles. The first-order valence-electron chi connectivity index (χ1n) is 8.06. The molecule has 3 aliphatic rings. The number of likely N-dealkylation sites (tertiary alicyclic amines) is 1. The summed E-state index contributed by atoms with van der Waals surface area (Å²) >= 11 is 1.11. The van der Waals surface area contributed by atoms with E-state index in [1.165, 1.54) is 6.26 Å². The smallest absolute Gasteiger partial charge is 0.337 e. The molecule has 1 amide bonds. The van der Waals surface area contributed by atoms with Gasteiger partial charge in [-0.25, -0.2) is 13.2 Å². The molecule has 0 aromatic heterocycles. The minimum Gasteiger partial charge on any atom is -0.479 e. The highest BCUT2D eigenvalue weighted by molar-refractivity contribution is 8.03. The first kappa shape index (κ1) is 17.6. The number of carbonyl (C=O) groups excluding carboxylic acids is 1. The fraction of sp³-hybridized carbons (Fsp3) is 0.733. The standard InChI is InChI=1S/C15H22N2O5S2/c1-9-4-3-5-16(9)13(18)12-8-23-14(15(19)20)17(12)10-6-11(7-10)24(2,21)22/h8-11,14H,3-7H2,1-2H3,(H,19,20)/t9-,10-,11-,14?/m0/s1. The van der Waals surface area contributed by atoms with Gasteiger partial charge in [-0.2, -0.15) is 0 Å². The Kier molecular flexibility index (Phi) is 4.59. The predicted octanol–water partition coefficient (Wildman–Crippen LogP) is 0.874. The maximum absolute atomic E-state index is 12.9. The topological polar surface area (TPSA) is 95.0 Å². The third-order valence-electron chi connectivity index (χ3n) is 5.15.